The molecule has 3 heteroatoms. The van der Waals surface area contributed by atoms with E-state index >= 15 is 0 Å². The van der Waals surface area contributed by atoms with Gasteiger partial charge in [0.1, 0.15) is 6.29 Å². The van der Waals surface area contributed by atoms with Crippen LogP contribution in [0, 0.1) is 0 Å². The zero-order valence-corrected chi connectivity index (χ0v) is 6.84. The third-order valence-corrected chi connectivity index (χ3v) is 2.14. The fraction of sp³-hybridized carbons (Fsp3) is 0.500. The Morgan fingerprint density at radius 3 is 2.89 bits per heavy atom. The second-order valence-corrected chi connectivity index (χ2v) is 2.93. The largest absolute Gasteiger partial charge is 0.302 e. The van der Waals surface area contributed by atoms with Crippen LogP contribution in [0.2, 0.25) is 0 Å². The second kappa shape index (κ2) is 6.17. The second-order valence-electron chi connectivity index (χ2n) is 1.42. The first-order valence-electron chi connectivity index (χ1n) is 2.63. The molecular formula is C6H9ClOS. The van der Waals surface area contributed by atoms with E-state index in [0.717, 1.165) is 17.1 Å². The Kier molecular flexibility index (Phi) is 6.21. The highest BCUT2D eigenvalue weighted by Crippen LogP contribution is 2.09. The van der Waals surface area contributed by atoms with Crippen LogP contribution in [0.4, 0.5) is 0 Å². The van der Waals surface area contributed by atoms with Gasteiger partial charge < -0.3 is 4.79 Å². The third kappa shape index (κ3) is 5.93. The van der Waals surface area contributed by atoms with Gasteiger partial charge in [0.25, 0.3) is 0 Å². The highest BCUT2D eigenvalue weighted by Gasteiger charge is 1.88. The maximum Gasteiger partial charge on any atom is 0.129 e. The van der Waals surface area contributed by atoms with Crippen molar-refractivity contribution in [3.63, 3.8) is 0 Å². The molecule has 9 heavy (non-hydrogen) atoms. The van der Waals surface area contributed by atoms with Crippen molar-refractivity contribution in [2.24, 2.45) is 0 Å². The number of halogens is 1. The molecular weight excluding hydrogens is 156 g/mol. The molecule has 0 aliphatic carbocycles. The lowest BCUT2D eigenvalue weighted by Gasteiger charge is -1.91. The first-order valence-corrected chi connectivity index (χ1v) is 4.16. The molecule has 0 aliphatic heterocycles. The van der Waals surface area contributed by atoms with Gasteiger partial charge in [-0.05, 0) is 6.92 Å². The Labute approximate surface area is 64.5 Å². The number of rotatable bonds is 4. The number of hydrogen-bond donors (Lipinski definition) is 0. The normalized spacial score (nSPS) is 11.6. The lowest BCUT2D eigenvalue weighted by Crippen LogP contribution is -1.82. The van der Waals surface area contributed by atoms with Crippen molar-refractivity contribution >= 4 is 29.6 Å². The van der Waals surface area contributed by atoms with E-state index in [1.807, 2.05) is 13.0 Å². The molecule has 0 spiro atoms. The third-order valence-electron chi connectivity index (χ3n) is 0.739. The Morgan fingerprint density at radius 1 is 1.78 bits per heavy atom. The van der Waals surface area contributed by atoms with Gasteiger partial charge in [0.2, 0.25) is 0 Å². The monoisotopic (exact) mass is 164 g/mol. The lowest BCUT2D eigenvalue weighted by molar-refractivity contribution is -0.105. The van der Waals surface area contributed by atoms with Gasteiger partial charge in [-0.3, -0.25) is 0 Å². The molecule has 1 nitrogen and oxygen atoms in total. The minimum atomic E-state index is 0.532. The van der Waals surface area contributed by atoms with Gasteiger partial charge in [-0.1, -0.05) is 17.7 Å². The molecule has 0 aliphatic rings. The number of hydrogen-bond acceptors (Lipinski definition) is 2. The quantitative estimate of drug-likeness (QED) is 0.468. The minimum Gasteiger partial charge on any atom is -0.302 e. The predicted octanol–water partition coefficient (Wildman–Crippen LogP) is 2.06. The van der Waals surface area contributed by atoms with Gasteiger partial charge >= 0.3 is 0 Å². The summed E-state index contributed by atoms with van der Waals surface area (Å²) in [4.78, 5) is 9.79. The van der Waals surface area contributed by atoms with E-state index in [4.69, 9.17) is 11.6 Å². The van der Waals surface area contributed by atoms with Crippen molar-refractivity contribution < 1.29 is 4.79 Å². The fourth-order valence-electron chi connectivity index (χ4n) is 0.288. The van der Waals surface area contributed by atoms with Gasteiger partial charge in [0.15, 0.2) is 0 Å². The maximum absolute atomic E-state index is 9.79. The van der Waals surface area contributed by atoms with E-state index in [2.05, 4.69) is 0 Å². The summed E-state index contributed by atoms with van der Waals surface area (Å²) in [7, 11) is 0. The number of allylic oxidation sites excluding steroid dienone is 1. The summed E-state index contributed by atoms with van der Waals surface area (Å²) in [5.41, 5.74) is 0. The van der Waals surface area contributed by atoms with Crippen molar-refractivity contribution in [1.82, 2.24) is 0 Å². The van der Waals surface area contributed by atoms with Crippen LogP contribution >= 0.6 is 23.4 Å². The molecule has 0 aromatic rings. The molecule has 0 bridgehead atoms. The highest BCUT2D eigenvalue weighted by molar-refractivity contribution is 8.00. The average molecular weight is 165 g/mol. The number of carbonyl (C=O) groups is 1. The fourth-order valence-corrected chi connectivity index (χ4v) is 1.10. The van der Waals surface area contributed by atoms with Crippen molar-refractivity contribution in [3.8, 4) is 0 Å². The molecule has 0 N–H and O–H groups in total. The molecule has 0 atom stereocenters. The topological polar surface area (TPSA) is 17.1 Å². The standard InChI is InChI=1S/C6H9ClOS/c1-2-6(7)5-9-4-3-8/h2-3H,4-5H2,1H3. The molecule has 0 heterocycles. The molecule has 0 rings (SSSR count). The lowest BCUT2D eigenvalue weighted by atomic mass is 10.6. The minimum absolute atomic E-state index is 0.532. The number of carbonyl (C=O) groups excluding carboxylic acids is 1. The Bertz CT molecular complexity index is 112. The molecule has 0 fully saturated rings. The van der Waals surface area contributed by atoms with E-state index in [1.165, 1.54) is 11.8 Å². The zero-order chi connectivity index (χ0) is 7.11. The van der Waals surface area contributed by atoms with E-state index < -0.39 is 0 Å². The molecule has 0 radical (unpaired) electrons. The summed E-state index contributed by atoms with van der Waals surface area (Å²) in [6, 6.07) is 0. The number of thioether (sulfide) groups is 1. The van der Waals surface area contributed by atoms with Gasteiger partial charge in [-0.15, -0.1) is 11.8 Å². The first kappa shape index (κ1) is 9.05. The SMILES string of the molecule is CC=C(Cl)CSCC=O. The van der Waals surface area contributed by atoms with E-state index in [9.17, 15) is 4.79 Å². The van der Waals surface area contributed by atoms with Crippen LogP contribution in [-0.4, -0.2) is 17.8 Å². The van der Waals surface area contributed by atoms with Gasteiger partial charge in [-0.2, -0.15) is 0 Å². The van der Waals surface area contributed by atoms with E-state index in [1.54, 1.807) is 0 Å². The zero-order valence-electron chi connectivity index (χ0n) is 5.26. The summed E-state index contributed by atoms with van der Waals surface area (Å²) in [6.07, 6.45) is 2.71. The molecule has 0 amide bonds. The molecule has 0 aromatic heterocycles. The first-order chi connectivity index (χ1) is 4.31. The van der Waals surface area contributed by atoms with Crippen LogP contribution in [0.1, 0.15) is 6.92 Å². The average Bonchev–Trinajstić information content (AvgIpc) is 1.89. The molecule has 52 valence electrons. The van der Waals surface area contributed by atoms with Gasteiger partial charge in [0.05, 0.1) is 0 Å². The Hall–Kier alpha value is 0.0500. The Balaban J connectivity index is 3.17. The van der Waals surface area contributed by atoms with Crippen molar-refractivity contribution in [1.29, 1.82) is 0 Å². The summed E-state index contributed by atoms with van der Waals surface area (Å²) in [6.45, 7) is 1.88. The summed E-state index contributed by atoms with van der Waals surface area (Å²) < 4.78 is 0. The Morgan fingerprint density at radius 2 is 2.44 bits per heavy atom. The molecule has 0 aromatic carbocycles. The van der Waals surface area contributed by atoms with Crippen molar-refractivity contribution in [2.45, 2.75) is 6.92 Å². The predicted molar refractivity (Wildman–Crippen MR) is 43.0 cm³/mol. The van der Waals surface area contributed by atoms with E-state index in [0.29, 0.717) is 5.75 Å². The van der Waals surface area contributed by atoms with Crippen LogP contribution in [0.25, 0.3) is 0 Å². The van der Waals surface area contributed by atoms with Crippen LogP contribution in [0.5, 0.6) is 0 Å². The highest BCUT2D eigenvalue weighted by atomic mass is 35.5. The van der Waals surface area contributed by atoms with E-state index in [-0.39, 0.29) is 0 Å². The summed E-state index contributed by atoms with van der Waals surface area (Å²) in [5.74, 6) is 1.28. The summed E-state index contributed by atoms with van der Waals surface area (Å²) in [5, 5.41) is 0.807. The van der Waals surface area contributed by atoms with Crippen molar-refractivity contribution in [3.05, 3.63) is 11.1 Å². The smallest absolute Gasteiger partial charge is 0.129 e. The van der Waals surface area contributed by atoms with Crippen LogP contribution in [0.3, 0.4) is 0 Å². The van der Waals surface area contributed by atoms with Crippen LogP contribution in [0.15, 0.2) is 11.1 Å². The summed E-state index contributed by atoms with van der Waals surface area (Å²) >= 11 is 7.14. The molecule has 0 saturated carbocycles. The number of aldehydes is 1. The molecule has 0 saturated heterocycles. The van der Waals surface area contributed by atoms with Crippen LogP contribution in [-0.2, 0) is 4.79 Å². The maximum atomic E-state index is 9.79. The van der Waals surface area contributed by atoms with Crippen molar-refractivity contribution in [2.75, 3.05) is 11.5 Å². The van der Waals surface area contributed by atoms with Crippen LogP contribution < -0.4 is 0 Å². The molecule has 0 unspecified atom stereocenters. The van der Waals surface area contributed by atoms with Gasteiger partial charge in [-0.25, -0.2) is 0 Å². The van der Waals surface area contributed by atoms with Gasteiger partial charge in [0, 0.05) is 16.5 Å².